The van der Waals surface area contributed by atoms with Gasteiger partial charge in [-0.05, 0) is 31.4 Å². The van der Waals surface area contributed by atoms with Gasteiger partial charge in [0.1, 0.15) is 0 Å². The highest BCUT2D eigenvalue weighted by molar-refractivity contribution is 7.98. The van der Waals surface area contributed by atoms with Crippen LogP contribution < -0.4 is 5.32 Å². The first-order valence-electron chi connectivity index (χ1n) is 6.17. The summed E-state index contributed by atoms with van der Waals surface area (Å²) in [6.07, 6.45) is 5.52. The van der Waals surface area contributed by atoms with Gasteiger partial charge in [0.25, 0.3) is 0 Å². The quantitative estimate of drug-likeness (QED) is 0.796. The van der Waals surface area contributed by atoms with Crippen molar-refractivity contribution in [2.75, 3.05) is 18.6 Å². The average Bonchev–Trinajstić information content (AvgIpc) is 2.93. The largest absolute Gasteiger partial charge is 0.325 e. The molecule has 2 aliphatic rings. The normalized spacial score (nSPS) is 27.1. The summed E-state index contributed by atoms with van der Waals surface area (Å²) < 4.78 is 0. The first-order chi connectivity index (χ1) is 7.59. The number of thioether (sulfide) groups is 1. The standard InChI is InChI=1S/C12H22N2OS/c1-9(2)8-10-13-12(4-5-12)11(15)14(10)6-7-16-3/h9-10,13H,4-8H2,1-3H3. The van der Waals surface area contributed by atoms with Crippen molar-refractivity contribution in [1.29, 1.82) is 0 Å². The van der Waals surface area contributed by atoms with Crippen LogP contribution in [-0.2, 0) is 4.79 Å². The summed E-state index contributed by atoms with van der Waals surface area (Å²) >= 11 is 1.81. The van der Waals surface area contributed by atoms with Crippen LogP contribution in [0.4, 0.5) is 0 Å². The number of rotatable bonds is 5. The molecule has 1 aliphatic carbocycles. The summed E-state index contributed by atoms with van der Waals surface area (Å²) in [7, 11) is 0. The molecule has 4 heteroatoms. The van der Waals surface area contributed by atoms with Gasteiger partial charge in [-0.25, -0.2) is 0 Å². The molecule has 1 amide bonds. The Morgan fingerprint density at radius 1 is 1.56 bits per heavy atom. The zero-order valence-electron chi connectivity index (χ0n) is 10.5. The fourth-order valence-electron chi connectivity index (χ4n) is 2.44. The van der Waals surface area contributed by atoms with Gasteiger partial charge in [-0.3, -0.25) is 10.1 Å². The minimum Gasteiger partial charge on any atom is -0.325 e. The van der Waals surface area contributed by atoms with Crippen LogP contribution in [0.2, 0.25) is 0 Å². The maximum absolute atomic E-state index is 12.2. The summed E-state index contributed by atoms with van der Waals surface area (Å²) in [6, 6.07) is 0. The van der Waals surface area contributed by atoms with Crippen LogP contribution in [0.1, 0.15) is 33.1 Å². The first-order valence-corrected chi connectivity index (χ1v) is 7.56. The molecule has 1 unspecified atom stereocenters. The number of carbonyl (C=O) groups excluding carboxylic acids is 1. The molecule has 3 nitrogen and oxygen atoms in total. The van der Waals surface area contributed by atoms with E-state index in [9.17, 15) is 4.79 Å². The second kappa shape index (κ2) is 4.57. The Morgan fingerprint density at radius 2 is 2.25 bits per heavy atom. The molecule has 16 heavy (non-hydrogen) atoms. The molecule has 0 radical (unpaired) electrons. The molecule has 0 bridgehead atoms. The van der Waals surface area contributed by atoms with Gasteiger partial charge in [-0.1, -0.05) is 13.8 Å². The van der Waals surface area contributed by atoms with E-state index in [1.54, 1.807) is 0 Å². The van der Waals surface area contributed by atoms with E-state index in [4.69, 9.17) is 0 Å². The second-order valence-corrected chi connectivity index (χ2v) is 6.35. The molecule has 1 heterocycles. The summed E-state index contributed by atoms with van der Waals surface area (Å²) in [5.41, 5.74) is -0.141. The lowest BCUT2D eigenvalue weighted by Gasteiger charge is -2.25. The minimum atomic E-state index is -0.141. The lowest BCUT2D eigenvalue weighted by Crippen LogP contribution is -2.39. The van der Waals surface area contributed by atoms with Gasteiger partial charge in [-0.2, -0.15) is 11.8 Å². The van der Waals surface area contributed by atoms with E-state index < -0.39 is 0 Å². The van der Waals surface area contributed by atoms with E-state index in [-0.39, 0.29) is 11.7 Å². The molecule has 2 fully saturated rings. The van der Waals surface area contributed by atoms with Crippen LogP contribution >= 0.6 is 11.8 Å². The van der Waals surface area contributed by atoms with Gasteiger partial charge < -0.3 is 4.90 Å². The molecule has 0 aromatic heterocycles. The van der Waals surface area contributed by atoms with E-state index in [0.717, 1.165) is 31.6 Å². The predicted molar refractivity (Wildman–Crippen MR) is 68.4 cm³/mol. The van der Waals surface area contributed by atoms with Gasteiger partial charge in [0.15, 0.2) is 0 Å². The topological polar surface area (TPSA) is 32.3 Å². The highest BCUT2D eigenvalue weighted by Crippen LogP contribution is 2.42. The van der Waals surface area contributed by atoms with Crippen LogP contribution in [0.15, 0.2) is 0 Å². The Balaban J connectivity index is 2.01. The maximum Gasteiger partial charge on any atom is 0.244 e. The van der Waals surface area contributed by atoms with Crippen molar-refractivity contribution < 1.29 is 4.79 Å². The van der Waals surface area contributed by atoms with Crippen molar-refractivity contribution in [3.05, 3.63) is 0 Å². The van der Waals surface area contributed by atoms with Gasteiger partial charge in [0, 0.05) is 12.3 Å². The molecule has 1 N–H and O–H groups in total. The molecule has 1 saturated carbocycles. The Morgan fingerprint density at radius 3 is 2.75 bits per heavy atom. The highest BCUT2D eigenvalue weighted by Gasteiger charge is 2.58. The predicted octanol–water partition coefficient (Wildman–Crippen LogP) is 1.69. The van der Waals surface area contributed by atoms with Crippen LogP contribution in [-0.4, -0.2) is 41.1 Å². The molecule has 2 rings (SSSR count). The Bertz CT molecular complexity index is 276. The van der Waals surface area contributed by atoms with Crippen molar-refractivity contribution in [1.82, 2.24) is 10.2 Å². The molecule has 92 valence electrons. The molecule has 1 atom stereocenters. The average molecular weight is 242 g/mol. The Kier molecular flexibility index (Phi) is 3.50. The second-order valence-electron chi connectivity index (χ2n) is 5.36. The lowest BCUT2D eigenvalue weighted by atomic mass is 10.1. The molecular formula is C12H22N2OS. The number of carbonyl (C=O) groups is 1. The third-order valence-corrected chi connectivity index (χ3v) is 4.06. The van der Waals surface area contributed by atoms with Crippen molar-refractivity contribution >= 4 is 17.7 Å². The van der Waals surface area contributed by atoms with E-state index in [1.165, 1.54) is 0 Å². The third kappa shape index (κ3) is 2.23. The summed E-state index contributed by atoms with van der Waals surface area (Å²) in [5, 5.41) is 3.55. The smallest absolute Gasteiger partial charge is 0.244 e. The number of nitrogens with one attached hydrogen (secondary N) is 1. The molecule has 1 aliphatic heterocycles. The van der Waals surface area contributed by atoms with Crippen molar-refractivity contribution in [3.8, 4) is 0 Å². The first kappa shape index (κ1) is 12.2. The molecule has 1 saturated heterocycles. The van der Waals surface area contributed by atoms with Gasteiger partial charge in [0.2, 0.25) is 5.91 Å². The fraction of sp³-hybridized carbons (Fsp3) is 0.917. The number of amides is 1. The summed E-state index contributed by atoms with van der Waals surface area (Å²) in [4.78, 5) is 14.3. The highest BCUT2D eigenvalue weighted by atomic mass is 32.2. The van der Waals surface area contributed by atoms with Crippen LogP contribution in [0.25, 0.3) is 0 Å². The molecule has 0 aromatic carbocycles. The van der Waals surface area contributed by atoms with E-state index >= 15 is 0 Å². The molecular weight excluding hydrogens is 220 g/mol. The fourth-order valence-corrected chi connectivity index (χ4v) is 2.82. The molecule has 1 spiro atoms. The monoisotopic (exact) mass is 242 g/mol. The number of hydrogen-bond donors (Lipinski definition) is 1. The zero-order chi connectivity index (χ0) is 11.8. The van der Waals surface area contributed by atoms with Crippen molar-refractivity contribution in [2.45, 2.75) is 44.8 Å². The number of nitrogens with zero attached hydrogens (tertiary/aromatic N) is 1. The Hall–Kier alpha value is -0.220. The third-order valence-electron chi connectivity index (χ3n) is 3.47. The van der Waals surface area contributed by atoms with E-state index in [2.05, 4.69) is 30.3 Å². The zero-order valence-corrected chi connectivity index (χ0v) is 11.3. The maximum atomic E-state index is 12.2. The van der Waals surface area contributed by atoms with Crippen LogP contribution in [0, 0.1) is 5.92 Å². The van der Waals surface area contributed by atoms with E-state index in [0.29, 0.717) is 11.8 Å². The lowest BCUT2D eigenvalue weighted by molar-refractivity contribution is -0.130. The minimum absolute atomic E-state index is 0.141. The van der Waals surface area contributed by atoms with Crippen molar-refractivity contribution in [3.63, 3.8) is 0 Å². The molecule has 0 aromatic rings. The van der Waals surface area contributed by atoms with Crippen molar-refractivity contribution in [2.24, 2.45) is 5.92 Å². The Labute approximate surface area is 102 Å². The summed E-state index contributed by atoms with van der Waals surface area (Å²) in [5.74, 6) is 2.03. The number of hydrogen-bond acceptors (Lipinski definition) is 3. The van der Waals surface area contributed by atoms with Crippen LogP contribution in [0.5, 0.6) is 0 Å². The van der Waals surface area contributed by atoms with Gasteiger partial charge in [0.05, 0.1) is 11.7 Å². The SMILES string of the molecule is CSCCN1C(=O)C2(CC2)NC1CC(C)C. The van der Waals surface area contributed by atoms with Gasteiger partial charge in [-0.15, -0.1) is 0 Å². The van der Waals surface area contributed by atoms with Gasteiger partial charge >= 0.3 is 0 Å². The summed E-state index contributed by atoms with van der Waals surface area (Å²) in [6.45, 7) is 5.33. The van der Waals surface area contributed by atoms with E-state index in [1.807, 2.05) is 11.8 Å². The van der Waals surface area contributed by atoms with Crippen LogP contribution in [0.3, 0.4) is 0 Å².